The van der Waals surface area contributed by atoms with Crippen molar-refractivity contribution in [3.05, 3.63) is 62.4 Å². The van der Waals surface area contributed by atoms with E-state index in [9.17, 15) is 10.1 Å². The summed E-state index contributed by atoms with van der Waals surface area (Å²) in [6.07, 6.45) is 1.81. The Morgan fingerprint density at radius 1 is 1.37 bits per heavy atom. The lowest BCUT2D eigenvalue weighted by Gasteiger charge is -2.07. The molecule has 0 fully saturated rings. The minimum Gasteiger partial charge on any atom is -0.381 e. The van der Waals surface area contributed by atoms with Gasteiger partial charge in [-0.1, -0.05) is 6.07 Å². The number of nitrogens with one attached hydrogen (secondary N) is 1. The zero-order valence-electron chi connectivity index (χ0n) is 10.3. The number of nitro groups is 1. The SMILES string of the molecule is Cc1ccc(CNc2ccc([N+](=O)[O-])c(Br)c2)cn1. The molecule has 0 saturated carbocycles. The van der Waals surface area contributed by atoms with E-state index in [1.165, 1.54) is 6.07 Å². The summed E-state index contributed by atoms with van der Waals surface area (Å²) >= 11 is 3.19. The van der Waals surface area contributed by atoms with E-state index in [0.29, 0.717) is 11.0 Å². The molecule has 0 aliphatic carbocycles. The Morgan fingerprint density at radius 2 is 2.16 bits per heavy atom. The molecule has 1 aromatic heterocycles. The van der Waals surface area contributed by atoms with Crippen molar-refractivity contribution in [1.82, 2.24) is 4.98 Å². The van der Waals surface area contributed by atoms with Crippen molar-refractivity contribution in [2.75, 3.05) is 5.32 Å². The second kappa shape index (κ2) is 5.79. The zero-order chi connectivity index (χ0) is 13.8. The van der Waals surface area contributed by atoms with E-state index < -0.39 is 4.92 Å². The average molecular weight is 322 g/mol. The Labute approximate surface area is 119 Å². The van der Waals surface area contributed by atoms with E-state index >= 15 is 0 Å². The molecule has 0 aliphatic heterocycles. The van der Waals surface area contributed by atoms with Crippen molar-refractivity contribution in [2.45, 2.75) is 13.5 Å². The lowest BCUT2D eigenvalue weighted by Crippen LogP contribution is -2.00. The van der Waals surface area contributed by atoms with Crippen molar-refractivity contribution in [2.24, 2.45) is 0 Å². The number of benzene rings is 1. The Bertz CT molecular complexity index is 599. The molecule has 1 N–H and O–H groups in total. The zero-order valence-corrected chi connectivity index (χ0v) is 11.8. The number of anilines is 1. The maximum absolute atomic E-state index is 10.7. The van der Waals surface area contributed by atoms with Crippen molar-refractivity contribution < 1.29 is 4.92 Å². The quantitative estimate of drug-likeness (QED) is 0.689. The highest BCUT2D eigenvalue weighted by Gasteiger charge is 2.11. The van der Waals surface area contributed by atoms with Crippen LogP contribution in [0.4, 0.5) is 11.4 Å². The van der Waals surface area contributed by atoms with Gasteiger partial charge in [-0.15, -0.1) is 0 Å². The number of halogens is 1. The second-order valence-corrected chi connectivity index (χ2v) is 4.94. The van der Waals surface area contributed by atoms with Crippen LogP contribution in [-0.2, 0) is 6.54 Å². The van der Waals surface area contributed by atoms with Gasteiger partial charge in [0.05, 0.1) is 9.40 Å². The highest BCUT2D eigenvalue weighted by molar-refractivity contribution is 9.10. The largest absolute Gasteiger partial charge is 0.381 e. The van der Waals surface area contributed by atoms with Crippen LogP contribution in [0.25, 0.3) is 0 Å². The fourth-order valence-electron chi connectivity index (χ4n) is 1.57. The molecule has 0 aliphatic rings. The first-order valence-corrected chi connectivity index (χ1v) is 6.45. The van der Waals surface area contributed by atoms with Crippen molar-refractivity contribution in [3.63, 3.8) is 0 Å². The lowest BCUT2D eigenvalue weighted by atomic mass is 10.2. The smallest absolute Gasteiger partial charge is 0.283 e. The van der Waals surface area contributed by atoms with E-state index in [2.05, 4.69) is 26.2 Å². The summed E-state index contributed by atoms with van der Waals surface area (Å²) in [6.45, 7) is 2.56. The first kappa shape index (κ1) is 13.5. The van der Waals surface area contributed by atoms with Crippen LogP contribution in [0.5, 0.6) is 0 Å². The van der Waals surface area contributed by atoms with Gasteiger partial charge < -0.3 is 5.32 Å². The van der Waals surface area contributed by atoms with Crippen LogP contribution in [0.2, 0.25) is 0 Å². The minimum atomic E-state index is -0.419. The molecule has 0 spiro atoms. The van der Waals surface area contributed by atoms with Gasteiger partial charge in [0.1, 0.15) is 0 Å². The van der Waals surface area contributed by atoms with Crippen molar-refractivity contribution in [3.8, 4) is 0 Å². The molecule has 0 radical (unpaired) electrons. The number of hydrogen-bond acceptors (Lipinski definition) is 4. The molecule has 2 rings (SSSR count). The maximum atomic E-state index is 10.7. The lowest BCUT2D eigenvalue weighted by molar-refractivity contribution is -0.385. The van der Waals surface area contributed by atoms with E-state index in [-0.39, 0.29) is 5.69 Å². The molecule has 0 atom stereocenters. The second-order valence-electron chi connectivity index (χ2n) is 4.08. The number of nitro benzene ring substituents is 1. The molecular weight excluding hydrogens is 310 g/mol. The Kier molecular flexibility index (Phi) is 4.11. The predicted octanol–water partition coefficient (Wildman–Crippen LogP) is 3.67. The first-order chi connectivity index (χ1) is 9.06. The Hall–Kier alpha value is -1.95. The predicted molar refractivity (Wildman–Crippen MR) is 77.1 cm³/mol. The molecule has 2 aromatic rings. The summed E-state index contributed by atoms with van der Waals surface area (Å²) < 4.78 is 0.463. The summed E-state index contributed by atoms with van der Waals surface area (Å²) in [7, 11) is 0. The van der Waals surface area contributed by atoms with Crippen molar-refractivity contribution in [1.29, 1.82) is 0 Å². The van der Waals surface area contributed by atoms with Gasteiger partial charge in [0, 0.05) is 30.2 Å². The van der Waals surface area contributed by atoms with Crippen LogP contribution in [0.15, 0.2) is 41.0 Å². The third-order valence-electron chi connectivity index (χ3n) is 2.61. The normalized spacial score (nSPS) is 10.2. The molecule has 1 aromatic carbocycles. The Morgan fingerprint density at radius 3 is 2.74 bits per heavy atom. The molecule has 5 nitrogen and oxygen atoms in total. The van der Waals surface area contributed by atoms with Crippen LogP contribution in [-0.4, -0.2) is 9.91 Å². The van der Waals surface area contributed by atoms with Gasteiger partial charge in [-0.25, -0.2) is 0 Å². The molecule has 6 heteroatoms. The molecule has 1 heterocycles. The number of aromatic nitrogens is 1. The van der Waals surface area contributed by atoms with Gasteiger partial charge in [-0.2, -0.15) is 0 Å². The molecule has 19 heavy (non-hydrogen) atoms. The van der Waals surface area contributed by atoms with E-state index in [1.54, 1.807) is 12.1 Å². The van der Waals surface area contributed by atoms with Gasteiger partial charge in [-0.05, 0) is 46.6 Å². The van der Waals surface area contributed by atoms with E-state index in [0.717, 1.165) is 16.9 Å². The van der Waals surface area contributed by atoms with Crippen LogP contribution in [0.1, 0.15) is 11.3 Å². The van der Waals surface area contributed by atoms with Gasteiger partial charge in [0.2, 0.25) is 0 Å². The van der Waals surface area contributed by atoms with Crippen LogP contribution >= 0.6 is 15.9 Å². The van der Waals surface area contributed by atoms with E-state index in [4.69, 9.17) is 0 Å². The topological polar surface area (TPSA) is 68.1 Å². The molecule has 0 bridgehead atoms. The van der Waals surface area contributed by atoms with Gasteiger partial charge in [-0.3, -0.25) is 15.1 Å². The van der Waals surface area contributed by atoms with Crippen molar-refractivity contribution >= 4 is 27.3 Å². The molecular formula is C13H12BrN3O2. The van der Waals surface area contributed by atoms with Crippen LogP contribution in [0, 0.1) is 17.0 Å². The Balaban J connectivity index is 2.06. The molecule has 98 valence electrons. The third-order valence-corrected chi connectivity index (χ3v) is 3.25. The average Bonchev–Trinajstić information content (AvgIpc) is 2.37. The highest BCUT2D eigenvalue weighted by Crippen LogP contribution is 2.27. The first-order valence-electron chi connectivity index (χ1n) is 5.65. The molecule has 0 unspecified atom stereocenters. The number of nitrogens with zero attached hydrogens (tertiary/aromatic N) is 2. The minimum absolute atomic E-state index is 0.0579. The number of rotatable bonds is 4. The fraction of sp³-hybridized carbons (Fsp3) is 0.154. The standard InChI is InChI=1S/C13H12BrN3O2/c1-9-2-3-10(7-15-9)8-16-11-4-5-13(17(18)19)12(14)6-11/h2-7,16H,8H2,1H3. The van der Waals surface area contributed by atoms with E-state index in [1.807, 2.05) is 25.3 Å². The summed E-state index contributed by atoms with van der Waals surface area (Å²) in [6, 6.07) is 8.79. The summed E-state index contributed by atoms with van der Waals surface area (Å²) in [5.41, 5.74) is 2.91. The number of pyridine rings is 1. The summed E-state index contributed by atoms with van der Waals surface area (Å²) in [5.74, 6) is 0. The summed E-state index contributed by atoms with van der Waals surface area (Å²) in [4.78, 5) is 14.5. The fourth-order valence-corrected chi connectivity index (χ4v) is 2.10. The van der Waals surface area contributed by atoms with Gasteiger partial charge in [0.25, 0.3) is 5.69 Å². The monoisotopic (exact) mass is 321 g/mol. The van der Waals surface area contributed by atoms with Crippen LogP contribution < -0.4 is 5.32 Å². The third kappa shape index (κ3) is 3.51. The maximum Gasteiger partial charge on any atom is 0.283 e. The van der Waals surface area contributed by atoms with Gasteiger partial charge >= 0.3 is 0 Å². The molecule has 0 saturated heterocycles. The van der Waals surface area contributed by atoms with Crippen LogP contribution in [0.3, 0.4) is 0 Å². The highest BCUT2D eigenvalue weighted by atomic mass is 79.9. The summed E-state index contributed by atoms with van der Waals surface area (Å²) in [5, 5.41) is 13.9. The molecule has 0 amide bonds. The van der Waals surface area contributed by atoms with Gasteiger partial charge in [0.15, 0.2) is 0 Å². The number of aryl methyl sites for hydroxylation is 1. The number of hydrogen-bond donors (Lipinski definition) is 1.